The van der Waals surface area contributed by atoms with E-state index in [1.807, 2.05) is 0 Å². The quantitative estimate of drug-likeness (QED) is 0.614. The van der Waals surface area contributed by atoms with Crippen LogP contribution in [-0.2, 0) is 4.79 Å². The maximum atomic E-state index is 13.7. The van der Waals surface area contributed by atoms with Crippen molar-refractivity contribution in [3.63, 3.8) is 0 Å². The van der Waals surface area contributed by atoms with Crippen molar-refractivity contribution in [1.82, 2.24) is 4.98 Å². The molecule has 0 radical (unpaired) electrons. The van der Waals surface area contributed by atoms with Crippen LogP contribution in [0.2, 0.25) is 0 Å². The largest absolute Gasteiger partial charge is 0.340 e. The number of pyridine rings is 1. The monoisotopic (exact) mass is 382 g/mol. The number of hydrogen-bond donors (Lipinski definition) is 3. The molecule has 28 heavy (non-hydrogen) atoms. The van der Waals surface area contributed by atoms with Crippen molar-refractivity contribution in [2.45, 2.75) is 6.92 Å². The van der Waals surface area contributed by atoms with Crippen molar-refractivity contribution >= 4 is 34.7 Å². The summed E-state index contributed by atoms with van der Waals surface area (Å²) in [6.45, 7) is 1.42. The second kappa shape index (κ2) is 8.26. The highest BCUT2D eigenvalue weighted by Crippen LogP contribution is 2.20. The molecule has 0 aliphatic carbocycles. The maximum absolute atomic E-state index is 13.7. The van der Waals surface area contributed by atoms with Crippen molar-refractivity contribution < 1.29 is 18.4 Å². The lowest BCUT2D eigenvalue weighted by molar-refractivity contribution is -0.114. The number of carbonyl (C=O) groups is 2. The number of benzene rings is 2. The average molecular weight is 382 g/mol. The van der Waals surface area contributed by atoms with Gasteiger partial charge in [0, 0.05) is 36.1 Å². The molecule has 3 rings (SSSR count). The van der Waals surface area contributed by atoms with E-state index in [1.54, 1.807) is 24.3 Å². The van der Waals surface area contributed by atoms with Gasteiger partial charge in [-0.1, -0.05) is 0 Å². The van der Waals surface area contributed by atoms with E-state index in [9.17, 15) is 18.4 Å². The Labute approximate surface area is 159 Å². The molecular formula is C20H16F2N4O2. The molecule has 0 bridgehead atoms. The topological polar surface area (TPSA) is 83.1 Å². The average Bonchev–Trinajstić information content (AvgIpc) is 2.65. The standard InChI is InChI=1S/C20H16F2N4O2/c1-12(27)24-15-3-5-16(6-4-15)25-19-10-13(8-9-23-19)20(28)26-18-7-2-14(21)11-17(18)22/h2-11H,1H3,(H,23,25)(H,24,27)(H,26,28). The van der Waals surface area contributed by atoms with E-state index in [2.05, 4.69) is 20.9 Å². The second-order valence-electron chi connectivity index (χ2n) is 5.89. The molecule has 0 aliphatic heterocycles. The Morgan fingerprint density at radius 1 is 0.893 bits per heavy atom. The second-order valence-corrected chi connectivity index (χ2v) is 5.89. The van der Waals surface area contributed by atoms with Gasteiger partial charge >= 0.3 is 0 Å². The Bertz CT molecular complexity index is 1020. The van der Waals surface area contributed by atoms with Crippen molar-refractivity contribution in [2.75, 3.05) is 16.0 Å². The fourth-order valence-electron chi connectivity index (χ4n) is 2.41. The van der Waals surface area contributed by atoms with E-state index in [-0.39, 0.29) is 17.2 Å². The smallest absolute Gasteiger partial charge is 0.255 e. The molecule has 2 amide bonds. The molecule has 0 atom stereocenters. The highest BCUT2D eigenvalue weighted by molar-refractivity contribution is 6.04. The van der Waals surface area contributed by atoms with E-state index >= 15 is 0 Å². The molecule has 0 saturated carbocycles. The number of anilines is 4. The highest BCUT2D eigenvalue weighted by Gasteiger charge is 2.11. The zero-order valence-corrected chi connectivity index (χ0v) is 14.8. The number of nitrogens with one attached hydrogen (secondary N) is 3. The van der Waals surface area contributed by atoms with Gasteiger partial charge in [-0.15, -0.1) is 0 Å². The third kappa shape index (κ3) is 4.88. The summed E-state index contributed by atoms with van der Waals surface area (Å²) in [6, 6.07) is 12.8. The van der Waals surface area contributed by atoms with E-state index in [1.165, 1.54) is 25.3 Å². The van der Waals surface area contributed by atoms with Gasteiger partial charge < -0.3 is 16.0 Å². The number of rotatable bonds is 5. The van der Waals surface area contributed by atoms with E-state index < -0.39 is 17.5 Å². The number of nitrogens with zero attached hydrogens (tertiary/aromatic N) is 1. The van der Waals surface area contributed by atoms with Gasteiger partial charge in [0.2, 0.25) is 5.91 Å². The number of carbonyl (C=O) groups excluding carboxylic acids is 2. The summed E-state index contributed by atoms with van der Waals surface area (Å²) in [5.74, 6) is -1.91. The maximum Gasteiger partial charge on any atom is 0.255 e. The third-order valence-electron chi connectivity index (χ3n) is 3.68. The van der Waals surface area contributed by atoms with E-state index in [4.69, 9.17) is 0 Å². The van der Waals surface area contributed by atoms with Crippen molar-refractivity contribution in [3.8, 4) is 0 Å². The molecule has 0 unspecified atom stereocenters. The lowest BCUT2D eigenvalue weighted by atomic mass is 10.2. The normalized spacial score (nSPS) is 10.2. The molecule has 142 valence electrons. The summed E-state index contributed by atoms with van der Waals surface area (Å²) in [5.41, 5.74) is 1.48. The summed E-state index contributed by atoms with van der Waals surface area (Å²) in [7, 11) is 0. The van der Waals surface area contributed by atoms with Crippen molar-refractivity contribution in [3.05, 3.63) is 78.0 Å². The molecule has 0 aliphatic rings. The van der Waals surface area contributed by atoms with Crippen LogP contribution in [0.5, 0.6) is 0 Å². The first kappa shape index (κ1) is 19.0. The minimum Gasteiger partial charge on any atom is -0.340 e. The van der Waals surface area contributed by atoms with Gasteiger partial charge in [0.15, 0.2) is 0 Å². The summed E-state index contributed by atoms with van der Waals surface area (Å²) in [5, 5.41) is 8.09. The Morgan fingerprint density at radius 2 is 1.61 bits per heavy atom. The molecule has 3 aromatic rings. The minimum atomic E-state index is -0.861. The van der Waals surface area contributed by atoms with Crippen molar-refractivity contribution in [2.24, 2.45) is 0 Å². The minimum absolute atomic E-state index is 0.119. The fraction of sp³-hybridized carbons (Fsp3) is 0.0500. The van der Waals surface area contributed by atoms with Crippen LogP contribution in [0.15, 0.2) is 60.8 Å². The zero-order chi connectivity index (χ0) is 20.1. The van der Waals surface area contributed by atoms with Gasteiger partial charge in [-0.3, -0.25) is 9.59 Å². The number of aromatic nitrogens is 1. The van der Waals surface area contributed by atoms with E-state index in [0.717, 1.165) is 12.1 Å². The Hall–Kier alpha value is -3.81. The molecule has 2 aromatic carbocycles. The summed E-state index contributed by atoms with van der Waals surface area (Å²) in [4.78, 5) is 27.5. The van der Waals surface area contributed by atoms with Crippen LogP contribution in [0.25, 0.3) is 0 Å². The SMILES string of the molecule is CC(=O)Nc1ccc(Nc2cc(C(=O)Nc3ccc(F)cc3F)ccn2)cc1. The lowest BCUT2D eigenvalue weighted by Gasteiger charge is -2.10. The van der Waals surface area contributed by atoms with Crippen LogP contribution >= 0.6 is 0 Å². The molecule has 3 N–H and O–H groups in total. The molecule has 6 nitrogen and oxygen atoms in total. The first-order valence-electron chi connectivity index (χ1n) is 8.28. The Kier molecular flexibility index (Phi) is 5.59. The van der Waals surface area contributed by atoms with Gasteiger partial charge in [-0.25, -0.2) is 13.8 Å². The van der Waals surface area contributed by atoms with Gasteiger partial charge in [0.1, 0.15) is 17.5 Å². The Morgan fingerprint density at radius 3 is 2.29 bits per heavy atom. The van der Waals surface area contributed by atoms with Crippen LogP contribution in [0.3, 0.4) is 0 Å². The molecule has 0 spiro atoms. The molecule has 8 heteroatoms. The summed E-state index contributed by atoms with van der Waals surface area (Å²) in [6.07, 6.45) is 1.43. The highest BCUT2D eigenvalue weighted by atomic mass is 19.1. The van der Waals surface area contributed by atoms with Gasteiger partial charge in [0.05, 0.1) is 5.69 Å². The predicted octanol–water partition coefficient (Wildman–Crippen LogP) is 4.31. The van der Waals surface area contributed by atoms with Crippen LogP contribution in [0.1, 0.15) is 17.3 Å². The molecule has 1 heterocycles. The third-order valence-corrected chi connectivity index (χ3v) is 3.68. The van der Waals surface area contributed by atoms with Crippen LogP contribution in [0, 0.1) is 11.6 Å². The Balaban J connectivity index is 1.71. The number of hydrogen-bond acceptors (Lipinski definition) is 4. The first-order valence-corrected chi connectivity index (χ1v) is 8.28. The molecular weight excluding hydrogens is 366 g/mol. The summed E-state index contributed by atoms with van der Waals surface area (Å²) < 4.78 is 26.7. The lowest BCUT2D eigenvalue weighted by Crippen LogP contribution is -2.13. The van der Waals surface area contributed by atoms with Crippen LogP contribution in [0.4, 0.5) is 31.7 Å². The first-order chi connectivity index (χ1) is 13.4. The zero-order valence-electron chi connectivity index (χ0n) is 14.8. The number of amides is 2. The van der Waals surface area contributed by atoms with Gasteiger partial charge in [-0.05, 0) is 48.5 Å². The number of halogens is 2. The fourth-order valence-corrected chi connectivity index (χ4v) is 2.41. The molecule has 0 fully saturated rings. The molecule has 1 aromatic heterocycles. The molecule has 0 saturated heterocycles. The summed E-state index contributed by atoms with van der Waals surface area (Å²) >= 11 is 0. The van der Waals surface area contributed by atoms with Crippen LogP contribution in [-0.4, -0.2) is 16.8 Å². The van der Waals surface area contributed by atoms with Crippen LogP contribution < -0.4 is 16.0 Å². The van der Waals surface area contributed by atoms with Crippen molar-refractivity contribution in [1.29, 1.82) is 0 Å². The van der Waals surface area contributed by atoms with Gasteiger partial charge in [0.25, 0.3) is 5.91 Å². The predicted molar refractivity (Wildman–Crippen MR) is 103 cm³/mol. The van der Waals surface area contributed by atoms with E-state index in [0.29, 0.717) is 23.3 Å². The van der Waals surface area contributed by atoms with Gasteiger partial charge in [-0.2, -0.15) is 0 Å².